The molecule has 1 heterocycles. The third kappa shape index (κ3) is 6.57. The second-order valence-electron chi connectivity index (χ2n) is 16.5. The first kappa shape index (κ1) is 32.1. The normalized spacial score (nSPS) is 42.0. The van der Waals surface area contributed by atoms with E-state index in [1.807, 2.05) is 0 Å². The third-order valence-electron chi connectivity index (χ3n) is 13.7. The summed E-state index contributed by atoms with van der Waals surface area (Å²) < 4.78 is 0.959. The van der Waals surface area contributed by atoms with Crippen molar-refractivity contribution in [1.29, 1.82) is 0 Å². The second-order valence-corrected chi connectivity index (χ2v) is 16.5. The minimum Gasteiger partial charge on any atom is -1.00 e. The first-order chi connectivity index (χ1) is 18.0. The first-order valence-corrected chi connectivity index (χ1v) is 17.2. The molecule has 5 aliphatic rings. The van der Waals surface area contributed by atoms with E-state index in [1.165, 1.54) is 109 Å². The molecule has 0 aromatic carbocycles. The molecule has 0 radical (unpaired) electrons. The van der Waals surface area contributed by atoms with Crippen LogP contribution in [0.1, 0.15) is 131 Å². The Kier molecular flexibility index (Phi) is 10.5. The van der Waals surface area contributed by atoms with E-state index in [0.717, 1.165) is 45.9 Å². The van der Waals surface area contributed by atoms with Crippen LogP contribution in [-0.2, 0) is 4.79 Å². The Morgan fingerprint density at radius 2 is 1.56 bits per heavy atom. The molecule has 1 aliphatic heterocycles. The number of likely N-dealkylation sites (N-methyl/N-ethyl adjacent to an activating group) is 1. The average molecular weight is 655 g/mol. The van der Waals surface area contributed by atoms with Crippen molar-refractivity contribution in [3.63, 3.8) is 0 Å². The van der Waals surface area contributed by atoms with Crippen LogP contribution in [0.5, 0.6) is 0 Å². The molecule has 1 N–H and O–H groups in total. The van der Waals surface area contributed by atoms with E-state index >= 15 is 0 Å². The first-order valence-electron chi connectivity index (χ1n) is 17.2. The van der Waals surface area contributed by atoms with Crippen molar-refractivity contribution in [2.45, 2.75) is 137 Å². The molecule has 1 amide bonds. The number of nitrogens with one attached hydrogen (secondary N) is 1. The van der Waals surface area contributed by atoms with Gasteiger partial charge in [-0.15, -0.1) is 0 Å². The van der Waals surface area contributed by atoms with E-state index in [9.17, 15) is 4.79 Å². The summed E-state index contributed by atoms with van der Waals surface area (Å²) in [6.07, 6.45) is 20.8. The Morgan fingerprint density at radius 1 is 0.872 bits per heavy atom. The van der Waals surface area contributed by atoms with Gasteiger partial charge in [0, 0.05) is 6.04 Å². The maximum absolute atomic E-state index is 13.1. The van der Waals surface area contributed by atoms with Gasteiger partial charge in [-0.1, -0.05) is 53.9 Å². The Balaban J connectivity index is 0.00000353. The number of piperidine rings is 1. The van der Waals surface area contributed by atoms with Gasteiger partial charge in [-0.2, -0.15) is 0 Å². The molecule has 39 heavy (non-hydrogen) atoms. The molecule has 0 spiro atoms. The third-order valence-corrected chi connectivity index (χ3v) is 13.7. The maximum atomic E-state index is 13.1. The highest BCUT2D eigenvalue weighted by atomic mass is 127. The van der Waals surface area contributed by atoms with Crippen LogP contribution in [0.25, 0.3) is 0 Å². The predicted molar refractivity (Wildman–Crippen MR) is 160 cm³/mol. The van der Waals surface area contributed by atoms with Gasteiger partial charge in [-0.3, -0.25) is 4.79 Å². The lowest BCUT2D eigenvalue weighted by Crippen LogP contribution is -3.00. The Hall–Kier alpha value is 0.160. The fourth-order valence-corrected chi connectivity index (χ4v) is 11.5. The van der Waals surface area contributed by atoms with E-state index in [1.54, 1.807) is 0 Å². The van der Waals surface area contributed by atoms with Crippen LogP contribution < -0.4 is 29.3 Å². The van der Waals surface area contributed by atoms with Gasteiger partial charge in [0.1, 0.15) is 0 Å². The SMILES string of the molecule is CC(C)CCC[C@@H](C)[C@H]1CC[C@H]2[C@@H]3CC[C@H]4C[C@H](NC(=O)C[N+]5(C)CCCCC5)CC[C@]4(C)[C@H]3CC[C@]12C.[I-]. The van der Waals surface area contributed by atoms with Gasteiger partial charge in [0.05, 0.1) is 20.1 Å². The lowest BCUT2D eigenvalue weighted by Gasteiger charge is -2.61. The van der Waals surface area contributed by atoms with Crippen molar-refractivity contribution in [3.8, 4) is 0 Å². The van der Waals surface area contributed by atoms with Crippen molar-refractivity contribution < 1.29 is 33.3 Å². The molecule has 4 heteroatoms. The van der Waals surface area contributed by atoms with Gasteiger partial charge in [0.25, 0.3) is 5.91 Å². The zero-order valence-electron chi connectivity index (χ0n) is 26.6. The maximum Gasteiger partial charge on any atom is 0.275 e. The topological polar surface area (TPSA) is 29.1 Å². The van der Waals surface area contributed by atoms with Crippen molar-refractivity contribution in [1.82, 2.24) is 5.32 Å². The fourth-order valence-electron chi connectivity index (χ4n) is 11.5. The molecule has 0 aromatic heterocycles. The number of carbonyl (C=O) groups excluding carboxylic acids is 1. The van der Waals surface area contributed by atoms with Crippen molar-refractivity contribution in [2.75, 3.05) is 26.7 Å². The van der Waals surface area contributed by atoms with Crippen molar-refractivity contribution >= 4 is 5.91 Å². The van der Waals surface area contributed by atoms with Gasteiger partial charge in [-0.25, -0.2) is 0 Å². The average Bonchev–Trinajstić information content (AvgIpc) is 3.21. The number of quaternary nitrogens is 1. The van der Waals surface area contributed by atoms with Crippen molar-refractivity contribution in [3.05, 3.63) is 0 Å². The number of likely N-dealkylation sites (tertiary alicyclic amines) is 1. The van der Waals surface area contributed by atoms with E-state index < -0.39 is 0 Å². The molecular weight excluding hydrogens is 591 g/mol. The van der Waals surface area contributed by atoms with E-state index in [0.29, 0.717) is 29.3 Å². The number of halogens is 1. The lowest BCUT2D eigenvalue weighted by atomic mass is 9.44. The van der Waals surface area contributed by atoms with E-state index in [-0.39, 0.29) is 24.0 Å². The van der Waals surface area contributed by atoms with E-state index in [2.05, 4.69) is 47.0 Å². The summed E-state index contributed by atoms with van der Waals surface area (Å²) in [6, 6.07) is 0.421. The fraction of sp³-hybridized carbons (Fsp3) is 0.971. The summed E-state index contributed by atoms with van der Waals surface area (Å²) in [6.45, 7) is 15.8. The number of carbonyl (C=O) groups is 1. The molecule has 4 aliphatic carbocycles. The molecule has 0 bridgehead atoms. The zero-order chi connectivity index (χ0) is 27.1. The minimum atomic E-state index is 0. The largest absolute Gasteiger partial charge is 1.00 e. The second kappa shape index (κ2) is 12.8. The van der Waals surface area contributed by atoms with Crippen LogP contribution in [0, 0.1) is 52.3 Å². The molecule has 4 saturated carbocycles. The Labute approximate surface area is 259 Å². The highest BCUT2D eigenvalue weighted by Gasteiger charge is 2.60. The highest BCUT2D eigenvalue weighted by molar-refractivity contribution is 5.77. The lowest BCUT2D eigenvalue weighted by molar-refractivity contribution is -0.906. The van der Waals surface area contributed by atoms with Gasteiger partial charge in [-0.05, 0) is 129 Å². The number of hydrogen-bond acceptors (Lipinski definition) is 1. The van der Waals surface area contributed by atoms with Gasteiger partial charge in [0.15, 0.2) is 6.54 Å². The quantitative estimate of drug-likeness (QED) is 0.282. The molecule has 5 rings (SSSR count). The zero-order valence-corrected chi connectivity index (χ0v) is 28.7. The summed E-state index contributed by atoms with van der Waals surface area (Å²) in [7, 11) is 2.30. The van der Waals surface area contributed by atoms with Crippen LogP contribution in [0.15, 0.2) is 0 Å². The summed E-state index contributed by atoms with van der Waals surface area (Å²) >= 11 is 0. The minimum absolute atomic E-state index is 0. The molecule has 226 valence electrons. The molecule has 0 unspecified atom stereocenters. The molecule has 1 saturated heterocycles. The van der Waals surface area contributed by atoms with Crippen molar-refractivity contribution in [2.24, 2.45) is 52.3 Å². The summed E-state index contributed by atoms with van der Waals surface area (Å²) in [5.74, 6) is 6.73. The van der Waals surface area contributed by atoms with Crippen LogP contribution in [0.2, 0.25) is 0 Å². The predicted octanol–water partition coefficient (Wildman–Crippen LogP) is 5.23. The molecule has 0 aromatic rings. The molecular formula is C35H63IN2O. The summed E-state index contributed by atoms with van der Waals surface area (Å²) in [5, 5.41) is 3.54. The van der Waals surface area contributed by atoms with Crippen LogP contribution >= 0.6 is 0 Å². The molecule has 9 atom stereocenters. The van der Waals surface area contributed by atoms with Gasteiger partial charge < -0.3 is 33.8 Å². The monoisotopic (exact) mass is 654 g/mol. The summed E-state index contributed by atoms with van der Waals surface area (Å²) in [4.78, 5) is 13.1. The smallest absolute Gasteiger partial charge is 0.275 e. The number of nitrogens with zero attached hydrogens (tertiary/aromatic N) is 1. The van der Waals surface area contributed by atoms with Crippen LogP contribution in [0.4, 0.5) is 0 Å². The number of rotatable bonds is 8. The van der Waals surface area contributed by atoms with Gasteiger partial charge >= 0.3 is 0 Å². The molecule has 3 nitrogen and oxygen atoms in total. The molecule has 5 fully saturated rings. The standard InChI is InChI=1S/C35H62N2O.HI/c1-25(2)11-10-12-26(3)30-15-16-31-29-14-13-27-23-28(36-33(38)24-37(6)21-8-7-9-22-37)17-19-34(27,4)32(29)18-20-35(30,31)5;/h25-32H,7-24H2,1-6H3;1H/t26-,27+,28-,29+,30-,31+,32+,34+,35-;/m1./s1. The van der Waals surface area contributed by atoms with Crippen LogP contribution in [-0.4, -0.2) is 43.1 Å². The number of fused-ring (bicyclic) bond motifs is 5. The van der Waals surface area contributed by atoms with E-state index in [4.69, 9.17) is 0 Å². The highest BCUT2D eigenvalue weighted by Crippen LogP contribution is 2.68. The number of amides is 1. The van der Waals surface area contributed by atoms with Crippen LogP contribution in [0.3, 0.4) is 0 Å². The number of hydrogen-bond donors (Lipinski definition) is 1. The Morgan fingerprint density at radius 3 is 2.28 bits per heavy atom. The summed E-state index contributed by atoms with van der Waals surface area (Å²) in [5.41, 5.74) is 1.11. The Bertz CT molecular complexity index is 823. The van der Waals surface area contributed by atoms with Gasteiger partial charge in [0.2, 0.25) is 0 Å².